The topological polar surface area (TPSA) is 29.5 Å². The monoisotopic (exact) mass is 250 g/mol. The van der Waals surface area contributed by atoms with Crippen molar-refractivity contribution in [2.24, 2.45) is 0 Å². The van der Waals surface area contributed by atoms with Crippen LogP contribution in [0.2, 0.25) is 0 Å². The van der Waals surface area contributed by atoms with Crippen molar-refractivity contribution < 1.29 is 14.3 Å². The number of quaternary nitrogens is 1. The van der Waals surface area contributed by atoms with E-state index in [4.69, 9.17) is 4.74 Å². The highest BCUT2D eigenvalue weighted by molar-refractivity contribution is 5.29. The molecule has 0 bridgehead atoms. The highest BCUT2D eigenvalue weighted by Crippen LogP contribution is 2.32. The van der Waals surface area contributed by atoms with Crippen LogP contribution in [0.3, 0.4) is 0 Å². The number of aliphatic hydroxyl groups is 1. The normalized spacial score (nSPS) is 29.9. The van der Waals surface area contributed by atoms with Gasteiger partial charge in [0, 0.05) is 19.8 Å². The van der Waals surface area contributed by atoms with Crippen molar-refractivity contribution in [3.63, 3.8) is 0 Å². The van der Waals surface area contributed by atoms with Crippen LogP contribution in [0.15, 0.2) is 24.3 Å². The van der Waals surface area contributed by atoms with Crippen LogP contribution < -0.4 is 4.74 Å². The molecule has 1 fully saturated rings. The molecule has 1 N–H and O–H groups in total. The number of likely N-dealkylation sites (tertiary alicyclic amines) is 1. The van der Waals surface area contributed by atoms with Crippen molar-refractivity contribution in [2.75, 3.05) is 27.2 Å². The van der Waals surface area contributed by atoms with E-state index in [1.807, 2.05) is 19.1 Å². The number of aliphatic hydroxyl groups excluding tert-OH is 1. The summed E-state index contributed by atoms with van der Waals surface area (Å²) in [6.45, 7) is 4.00. The number of rotatable bonds is 3. The second-order valence-electron chi connectivity index (χ2n) is 5.61. The summed E-state index contributed by atoms with van der Waals surface area (Å²) in [6.07, 6.45) is 2.03. The lowest BCUT2D eigenvalue weighted by Gasteiger charge is -2.42. The van der Waals surface area contributed by atoms with Crippen molar-refractivity contribution in [3.05, 3.63) is 29.8 Å². The number of hydrogen-bond acceptors (Lipinski definition) is 2. The SMILES string of the molecule is COc1ccc(C2CC[N+](C)(C(C)O)CC2)cc1. The minimum atomic E-state index is -0.262. The molecule has 1 heterocycles. The van der Waals surface area contributed by atoms with Gasteiger partial charge in [-0.1, -0.05) is 12.1 Å². The molecule has 0 aliphatic carbocycles. The number of methoxy groups -OCH3 is 1. The molecule has 1 aromatic carbocycles. The predicted molar refractivity (Wildman–Crippen MR) is 72.6 cm³/mol. The summed E-state index contributed by atoms with van der Waals surface area (Å²) < 4.78 is 5.97. The van der Waals surface area contributed by atoms with Crippen LogP contribution in [0, 0.1) is 0 Å². The van der Waals surface area contributed by atoms with Gasteiger partial charge in [0.05, 0.1) is 27.2 Å². The maximum absolute atomic E-state index is 9.82. The molecule has 1 aromatic rings. The quantitative estimate of drug-likeness (QED) is 0.835. The van der Waals surface area contributed by atoms with Crippen LogP contribution in [0.1, 0.15) is 31.2 Å². The summed E-state index contributed by atoms with van der Waals surface area (Å²) >= 11 is 0. The second-order valence-corrected chi connectivity index (χ2v) is 5.61. The van der Waals surface area contributed by atoms with Crippen LogP contribution in [0.5, 0.6) is 5.75 Å². The first kappa shape index (κ1) is 13.4. The van der Waals surface area contributed by atoms with Gasteiger partial charge in [0.2, 0.25) is 0 Å². The van der Waals surface area contributed by atoms with E-state index < -0.39 is 0 Å². The van der Waals surface area contributed by atoms with Crippen LogP contribution in [-0.4, -0.2) is 43.1 Å². The maximum Gasteiger partial charge on any atom is 0.187 e. The van der Waals surface area contributed by atoms with Crippen molar-refractivity contribution >= 4 is 0 Å². The highest BCUT2D eigenvalue weighted by Gasteiger charge is 2.34. The fraction of sp³-hybridized carbons (Fsp3) is 0.600. The molecule has 1 aliphatic heterocycles. The molecule has 2 rings (SSSR count). The van der Waals surface area contributed by atoms with Crippen LogP contribution in [0.4, 0.5) is 0 Å². The fourth-order valence-corrected chi connectivity index (χ4v) is 2.74. The van der Waals surface area contributed by atoms with E-state index in [0.717, 1.165) is 36.2 Å². The van der Waals surface area contributed by atoms with Gasteiger partial charge in [-0.2, -0.15) is 0 Å². The number of benzene rings is 1. The summed E-state index contributed by atoms with van der Waals surface area (Å²) in [6, 6.07) is 8.41. The zero-order chi connectivity index (χ0) is 13.2. The Bertz CT molecular complexity index is 378. The molecule has 1 saturated heterocycles. The van der Waals surface area contributed by atoms with E-state index in [1.165, 1.54) is 5.56 Å². The lowest BCUT2D eigenvalue weighted by Crippen LogP contribution is -2.54. The van der Waals surface area contributed by atoms with E-state index >= 15 is 0 Å². The summed E-state index contributed by atoms with van der Waals surface area (Å²) in [4.78, 5) is 0. The van der Waals surface area contributed by atoms with Crippen molar-refractivity contribution in [1.29, 1.82) is 0 Å². The van der Waals surface area contributed by atoms with Gasteiger partial charge in [-0.15, -0.1) is 0 Å². The molecule has 3 heteroatoms. The van der Waals surface area contributed by atoms with Crippen molar-refractivity contribution in [2.45, 2.75) is 31.9 Å². The minimum absolute atomic E-state index is 0.262. The molecule has 1 atom stereocenters. The molecular weight excluding hydrogens is 226 g/mol. The van der Waals surface area contributed by atoms with Gasteiger partial charge >= 0.3 is 0 Å². The van der Waals surface area contributed by atoms with Gasteiger partial charge in [-0.25, -0.2) is 0 Å². The van der Waals surface area contributed by atoms with E-state index in [0.29, 0.717) is 5.92 Å². The summed E-state index contributed by atoms with van der Waals surface area (Å²) in [5.74, 6) is 1.54. The Kier molecular flexibility index (Phi) is 3.93. The average Bonchev–Trinajstić information content (AvgIpc) is 2.40. The first-order valence-corrected chi connectivity index (χ1v) is 6.71. The lowest BCUT2D eigenvalue weighted by atomic mass is 9.88. The highest BCUT2D eigenvalue weighted by atomic mass is 16.5. The van der Waals surface area contributed by atoms with Gasteiger partial charge in [0.1, 0.15) is 5.75 Å². The van der Waals surface area contributed by atoms with Crippen LogP contribution >= 0.6 is 0 Å². The first-order chi connectivity index (χ1) is 8.55. The van der Waals surface area contributed by atoms with Crippen molar-refractivity contribution in [1.82, 2.24) is 0 Å². The molecule has 100 valence electrons. The Balaban J connectivity index is 2.00. The zero-order valence-corrected chi connectivity index (χ0v) is 11.6. The zero-order valence-electron chi connectivity index (χ0n) is 11.6. The van der Waals surface area contributed by atoms with E-state index in [-0.39, 0.29) is 6.23 Å². The Morgan fingerprint density at radius 3 is 2.22 bits per heavy atom. The van der Waals surface area contributed by atoms with Crippen LogP contribution in [-0.2, 0) is 0 Å². The summed E-state index contributed by atoms with van der Waals surface area (Å²) in [5, 5.41) is 9.82. The molecular formula is C15H24NO2+. The Hall–Kier alpha value is -1.06. The molecule has 0 spiro atoms. The molecule has 0 radical (unpaired) electrons. The van der Waals surface area contributed by atoms with E-state index in [1.54, 1.807) is 7.11 Å². The molecule has 1 unspecified atom stereocenters. The Labute approximate surface area is 110 Å². The smallest absolute Gasteiger partial charge is 0.187 e. The molecule has 3 nitrogen and oxygen atoms in total. The molecule has 0 amide bonds. The first-order valence-electron chi connectivity index (χ1n) is 6.71. The van der Waals surface area contributed by atoms with Gasteiger partial charge in [-0.3, -0.25) is 0 Å². The van der Waals surface area contributed by atoms with Gasteiger partial charge in [-0.05, 0) is 23.6 Å². The molecule has 0 saturated carbocycles. The van der Waals surface area contributed by atoms with E-state index in [2.05, 4.69) is 19.2 Å². The van der Waals surface area contributed by atoms with E-state index in [9.17, 15) is 5.11 Å². The standard InChI is InChI=1S/C15H24NO2/c1-12(17)16(2)10-8-14(9-11-16)13-4-6-15(18-3)7-5-13/h4-7,12,14,17H,8-11H2,1-3H3/q+1. The third-order valence-corrected chi connectivity index (χ3v) is 4.47. The lowest BCUT2D eigenvalue weighted by molar-refractivity contribution is -0.956. The minimum Gasteiger partial charge on any atom is -0.497 e. The van der Waals surface area contributed by atoms with Gasteiger partial charge in [0.15, 0.2) is 6.23 Å². The van der Waals surface area contributed by atoms with Crippen LogP contribution in [0.25, 0.3) is 0 Å². The molecule has 0 aromatic heterocycles. The Morgan fingerprint density at radius 2 is 1.78 bits per heavy atom. The largest absolute Gasteiger partial charge is 0.497 e. The summed E-state index contributed by atoms with van der Waals surface area (Å²) in [5.41, 5.74) is 1.40. The number of piperidine rings is 1. The average molecular weight is 250 g/mol. The molecule has 1 aliphatic rings. The third-order valence-electron chi connectivity index (χ3n) is 4.47. The number of hydrogen-bond donors (Lipinski definition) is 1. The second kappa shape index (κ2) is 5.29. The summed E-state index contributed by atoms with van der Waals surface area (Å²) in [7, 11) is 3.84. The van der Waals surface area contributed by atoms with Gasteiger partial charge in [0.25, 0.3) is 0 Å². The maximum atomic E-state index is 9.82. The third kappa shape index (κ3) is 2.68. The predicted octanol–water partition coefficient (Wildman–Crippen LogP) is 2.36. The number of nitrogens with zero attached hydrogens (tertiary/aromatic N) is 1. The Morgan fingerprint density at radius 1 is 1.22 bits per heavy atom. The number of ether oxygens (including phenoxy) is 1. The van der Waals surface area contributed by atoms with Crippen molar-refractivity contribution in [3.8, 4) is 5.75 Å². The van der Waals surface area contributed by atoms with Gasteiger partial charge < -0.3 is 14.3 Å². The fourth-order valence-electron chi connectivity index (χ4n) is 2.74. The molecule has 18 heavy (non-hydrogen) atoms.